The molecule has 1 aromatic rings. The summed E-state index contributed by atoms with van der Waals surface area (Å²) in [5.74, 6) is -0.832. The Morgan fingerprint density at radius 1 is 1.28 bits per heavy atom. The van der Waals surface area contributed by atoms with Crippen LogP contribution in [0.1, 0.15) is 34.6 Å². The van der Waals surface area contributed by atoms with Crippen LogP contribution in [0.5, 0.6) is 0 Å². The number of hydrogen-bond donors (Lipinski definition) is 2. The zero-order chi connectivity index (χ0) is 13.4. The minimum Gasteiger partial charge on any atom is -0.398 e. The zero-order valence-electron chi connectivity index (χ0n) is 10.4. The third-order valence-corrected chi connectivity index (χ3v) is 3.17. The Morgan fingerprint density at radius 2 is 1.94 bits per heavy atom. The number of nitrogen functional groups attached to an aromatic ring is 1. The van der Waals surface area contributed by atoms with E-state index in [1.165, 1.54) is 0 Å². The molecule has 0 fully saturated rings. The molecule has 0 aliphatic carbocycles. The van der Waals surface area contributed by atoms with Crippen molar-refractivity contribution in [1.29, 1.82) is 0 Å². The summed E-state index contributed by atoms with van der Waals surface area (Å²) < 4.78 is 0. The molecule has 2 amide bonds. The van der Waals surface area contributed by atoms with E-state index in [4.69, 9.17) is 5.73 Å². The van der Waals surface area contributed by atoms with Gasteiger partial charge in [-0.2, -0.15) is 0 Å². The molecule has 1 unspecified atom stereocenters. The fourth-order valence-corrected chi connectivity index (χ4v) is 1.92. The Bertz CT molecular complexity index is 511. The summed E-state index contributed by atoms with van der Waals surface area (Å²) in [6, 6.07) is 4.81. The molecule has 0 saturated heterocycles. The second-order valence-corrected chi connectivity index (χ2v) is 4.80. The number of carbonyl (C=O) groups excluding carboxylic acids is 2. The van der Waals surface area contributed by atoms with Gasteiger partial charge in [0, 0.05) is 5.69 Å². The van der Waals surface area contributed by atoms with Crippen molar-refractivity contribution >= 4 is 17.5 Å². The van der Waals surface area contributed by atoms with Gasteiger partial charge < -0.3 is 10.8 Å². The third-order valence-electron chi connectivity index (χ3n) is 3.17. The number of nitrogens with zero attached hydrogens (tertiary/aromatic N) is 1. The molecule has 5 nitrogen and oxygen atoms in total. The quantitative estimate of drug-likeness (QED) is 0.614. The van der Waals surface area contributed by atoms with Gasteiger partial charge >= 0.3 is 0 Å². The van der Waals surface area contributed by atoms with Gasteiger partial charge in [-0.3, -0.25) is 14.5 Å². The summed E-state index contributed by atoms with van der Waals surface area (Å²) in [5, 5.41) is 9.79. The Labute approximate surface area is 105 Å². The van der Waals surface area contributed by atoms with E-state index < -0.39 is 12.0 Å². The Morgan fingerprint density at radius 3 is 2.50 bits per heavy atom. The number of hydrogen-bond acceptors (Lipinski definition) is 4. The summed E-state index contributed by atoms with van der Waals surface area (Å²) in [7, 11) is 0. The number of aliphatic hydroxyl groups excluding tert-OH is 1. The molecule has 1 heterocycles. The van der Waals surface area contributed by atoms with Gasteiger partial charge in [0.15, 0.2) is 0 Å². The van der Waals surface area contributed by atoms with Crippen molar-refractivity contribution in [3.63, 3.8) is 0 Å². The van der Waals surface area contributed by atoms with Crippen LogP contribution in [0, 0.1) is 5.92 Å². The van der Waals surface area contributed by atoms with Gasteiger partial charge in [0.2, 0.25) is 0 Å². The minimum atomic E-state index is -0.728. The van der Waals surface area contributed by atoms with E-state index in [-0.39, 0.29) is 23.9 Å². The normalized spacial score (nSPS) is 16.3. The van der Waals surface area contributed by atoms with Gasteiger partial charge in [-0.25, -0.2) is 0 Å². The lowest BCUT2D eigenvalue weighted by Gasteiger charge is -2.20. The minimum absolute atomic E-state index is 0.00343. The number of carbonyl (C=O) groups is 2. The number of benzene rings is 1. The van der Waals surface area contributed by atoms with Gasteiger partial charge in [0.05, 0.1) is 23.8 Å². The molecule has 1 aliphatic heterocycles. The van der Waals surface area contributed by atoms with E-state index in [0.29, 0.717) is 11.3 Å². The molecule has 2 rings (SSSR count). The molecule has 0 spiro atoms. The van der Waals surface area contributed by atoms with Crippen molar-refractivity contribution in [3.05, 3.63) is 29.3 Å². The van der Waals surface area contributed by atoms with E-state index in [2.05, 4.69) is 0 Å². The van der Waals surface area contributed by atoms with Crippen LogP contribution in [0.2, 0.25) is 0 Å². The van der Waals surface area contributed by atoms with Gasteiger partial charge in [0.1, 0.15) is 0 Å². The van der Waals surface area contributed by atoms with Gasteiger partial charge in [0.25, 0.3) is 11.8 Å². The molecular weight excluding hydrogens is 232 g/mol. The highest BCUT2D eigenvalue weighted by molar-refractivity contribution is 6.23. The number of amides is 2. The first-order valence-electron chi connectivity index (χ1n) is 5.86. The van der Waals surface area contributed by atoms with Gasteiger partial charge in [-0.15, -0.1) is 0 Å². The molecule has 1 aromatic carbocycles. The number of rotatable bonds is 3. The second-order valence-electron chi connectivity index (χ2n) is 4.80. The predicted molar refractivity (Wildman–Crippen MR) is 67.1 cm³/mol. The van der Waals surface area contributed by atoms with E-state index in [0.717, 1.165) is 4.90 Å². The second kappa shape index (κ2) is 4.42. The lowest BCUT2D eigenvalue weighted by Crippen LogP contribution is -2.38. The molecular formula is C13H16N2O3. The van der Waals surface area contributed by atoms with Crippen LogP contribution in [-0.4, -0.2) is 34.5 Å². The van der Waals surface area contributed by atoms with E-state index in [1.807, 2.05) is 13.8 Å². The average molecular weight is 248 g/mol. The van der Waals surface area contributed by atoms with Crippen molar-refractivity contribution in [1.82, 2.24) is 4.90 Å². The maximum absolute atomic E-state index is 12.1. The highest BCUT2D eigenvalue weighted by atomic mass is 16.3. The van der Waals surface area contributed by atoms with Crippen LogP contribution >= 0.6 is 0 Å². The molecule has 5 heteroatoms. The highest BCUT2D eigenvalue weighted by Crippen LogP contribution is 2.27. The fourth-order valence-electron chi connectivity index (χ4n) is 1.92. The van der Waals surface area contributed by atoms with E-state index in [1.54, 1.807) is 18.2 Å². The number of β-amino-alcohol motifs (C(OH)–C–C–N with tert-alkyl or cyclic N) is 1. The van der Waals surface area contributed by atoms with Crippen molar-refractivity contribution in [2.24, 2.45) is 5.92 Å². The van der Waals surface area contributed by atoms with Crippen LogP contribution in [0.4, 0.5) is 5.69 Å². The monoisotopic (exact) mass is 248 g/mol. The van der Waals surface area contributed by atoms with Crippen molar-refractivity contribution < 1.29 is 14.7 Å². The zero-order valence-corrected chi connectivity index (χ0v) is 10.4. The topological polar surface area (TPSA) is 83.6 Å². The van der Waals surface area contributed by atoms with E-state index in [9.17, 15) is 14.7 Å². The van der Waals surface area contributed by atoms with Gasteiger partial charge in [-0.1, -0.05) is 19.9 Å². The largest absolute Gasteiger partial charge is 0.398 e. The first kappa shape index (κ1) is 12.6. The summed E-state index contributed by atoms with van der Waals surface area (Å²) in [6.45, 7) is 3.66. The molecule has 1 atom stereocenters. The summed E-state index contributed by atoms with van der Waals surface area (Å²) >= 11 is 0. The molecule has 0 aromatic heterocycles. The third kappa shape index (κ3) is 1.86. The molecule has 3 N–H and O–H groups in total. The molecule has 96 valence electrons. The van der Waals surface area contributed by atoms with Crippen LogP contribution in [-0.2, 0) is 0 Å². The molecule has 1 aliphatic rings. The number of imide groups is 1. The number of aliphatic hydroxyl groups is 1. The number of anilines is 1. The van der Waals surface area contributed by atoms with Crippen LogP contribution in [0.25, 0.3) is 0 Å². The molecule has 0 radical (unpaired) electrons. The Balaban J connectivity index is 2.32. The average Bonchev–Trinajstić information content (AvgIpc) is 2.55. The number of nitrogens with two attached hydrogens (primary N) is 1. The first-order valence-corrected chi connectivity index (χ1v) is 5.86. The maximum atomic E-state index is 12.1. The fraction of sp³-hybridized carbons (Fsp3) is 0.385. The van der Waals surface area contributed by atoms with Crippen molar-refractivity contribution in [2.75, 3.05) is 12.3 Å². The maximum Gasteiger partial charge on any atom is 0.263 e. The van der Waals surface area contributed by atoms with E-state index >= 15 is 0 Å². The summed E-state index contributed by atoms with van der Waals surface area (Å²) in [4.78, 5) is 25.2. The SMILES string of the molecule is CC(C)C(O)CN1C(=O)c2cccc(N)c2C1=O. The summed E-state index contributed by atoms with van der Waals surface area (Å²) in [6.07, 6.45) is -0.728. The smallest absolute Gasteiger partial charge is 0.263 e. The lowest BCUT2D eigenvalue weighted by molar-refractivity contribution is 0.0472. The highest BCUT2D eigenvalue weighted by Gasteiger charge is 2.38. The van der Waals surface area contributed by atoms with Crippen molar-refractivity contribution in [2.45, 2.75) is 20.0 Å². The Hall–Kier alpha value is -1.88. The lowest BCUT2D eigenvalue weighted by atomic mass is 10.1. The Kier molecular flexibility index (Phi) is 3.09. The predicted octanol–water partition coefficient (Wildman–Crippen LogP) is 0.882. The van der Waals surface area contributed by atoms with Gasteiger partial charge in [-0.05, 0) is 18.1 Å². The first-order chi connectivity index (χ1) is 8.43. The molecule has 0 bridgehead atoms. The molecule has 18 heavy (non-hydrogen) atoms. The standard InChI is InChI=1S/C13H16N2O3/c1-7(2)10(16)6-15-12(17)8-4-3-5-9(14)11(8)13(15)18/h3-5,7,10,16H,6,14H2,1-2H3. The van der Waals surface area contributed by atoms with Crippen LogP contribution in [0.3, 0.4) is 0 Å². The van der Waals surface area contributed by atoms with Crippen LogP contribution < -0.4 is 5.73 Å². The molecule has 0 saturated carbocycles. The van der Waals surface area contributed by atoms with Crippen molar-refractivity contribution in [3.8, 4) is 0 Å². The summed E-state index contributed by atoms with van der Waals surface area (Å²) in [5.41, 5.74) is 6.58. The van der Waals surface area contributed by atoms with Crippen LogP contribution in [0.15, 0.2) is 18.2 Å². The number of fused-ring (bicyclic) bond motifs is 1.